The fraction of sp³-hybridized carbons (Fsp3) is 0.909. The van der Waals surface area contributed by atoms with Crippen molar-refractivity contribution >= 4 is 21.7 Å². The van der Waals surface area contributed by atoms with Crippen molar-refractivity contribution in [2.75, 3.05) is 0 Å². The third kappa shape index (κ3) is 3.08. The second kappa shape index (κ2) is 4.12. The third-order valence-electron chi connectivity index (χ3n) is 3.19. The lowest BCUT2D eigenvalue weighted by atomic mass is 9.72. The van der Waals surface area contributed by atoms with Gasteiger partial charge in [-0.05, 0) is 43.9 Å². The molecule has 1 nitrogen and oxygen atoms in total. The van der Waals surface area contributed by atoms with Crippen molar-refractivity contribution < 1.29 is 4.79 Å². The zero-order valence-corrected chi connectivity index (χ0v) is 10.4. The number of carbonyl (C=O) groups is 1. The van der Waals surface area contributed by atoms with E-state index in [1.165, 1.54) is 25.7 Å². The minimum atomic E-state index is 0.101. The number of Topliss-reactive ketones (excluding diaryl/α,β-unsaturated/α-hetero) is 1. The van der Waals surface area contributed by atoms with E-state index < -0.39 is 0 Å². The van der Waals surface area contributed by atoms with Gasteiger partial charge < -0.3 is 0 Å². The predicted molar refractivity (Wildman–Crippen MR) is 59.1 cm³/mol. The standard InChI is InChI=1S/C11H19BrO/c1-8(13)10(12)9-4-6-11(2,3)7-5-9/h9-10H,4-7H2,1-3H3. The first-order valence-electron chi connectivity index (χ1n) is 5.07. The van der Waals surface area contributed by atoms with Gasteiger partial charge in [-0.3, -0.25) is 4.79 Å². The summed E-state index contributed by atoms with van der Waals surface area (Å²) in [5.41, 5.74) is 0.500. The number of halogens is 1. The summed E-state index contributed by atoms with van der Waals surface area (Å²) in [5, 5.41) is 0. The fourth-order valence-electron chi connectivity index (χ4n) is 2.05. The van der Waals surface area contributed by atoms with Gasteiger partial charge in [0.1, 0.15) is 5.78 Å². The molecule has 0 spiro atoms. The van der Waals surface area contributed by atoms with Gasteiger partial charge in [-0.15, -0.1) is 0 Å². The highest BCUT2D eigenvalue weighted by Gasteiger charge is 2.31. The fourth-order valence-corrected chi connectivity index (χ4v) is 2.57. The predicted octanol–water partition coefficient (Wildman–Crippen LogP) is 3.56. The van der Waals surface area contributed by atoms with E-state index >= 15 is 0 Å². The van der Waals surface area contributed by atoms with Gasteiger partial charge in [0.25, 0.3) is 0 Å². The molecule has 0 saturated heterocycles. The summed E-state index contributed by atoms with van der Waals surface area (Å²) in [7, 11) is 0. The minimum absolute atomic E-state index is 0.101. The molecule has 0 aromatic heterocycles. The molecule has 1 rings (SSSR count). The Hall–Kier alpha value is 0.150. The van der Waals surface area contributed by atoms with Crippen LogP contribution in [0.15, 0.2) is 0 Å². The molecule has 1 aliphatic carbocycles. The highest BCUT2D eigenvalue weighted by molar-refractivity contribution is 9.10. The van der Waals surface area contributed by atoms with Crippen LogP contribution < -0.4 is 0 Å². The van der Waals surface area contributed by atoms with Gasteiger partial charge in [-0.25, -0.2) is 0 Å². The van der Waals surface area contributed by atoms with E-state index in [-0.39, 0.29) is 10.6 Å². The summed E-state index contributed by atoms with van der Waals surface area (Å²) >= 11 is 3.49. The zero-order valence-electron chi connectivity index (χ0n) is 8.77. The Kier molecular flexibility index (Phi) is 3.56. The summed E-state index contributed by atoms with van der Waals surface area (Å²) in [6, 6.07) is 0. The molecule has 0 heterocycles. The molecule has 0 aromatic carbocycles. The van der Waals surface area contributed by atoms with Crippen molar-refractivity contribution in [3.8, 4) is 0 Å². The van der Waals surface area contributed by atoms with Crippen molar-refractivity contribution in [1.82, 2.24) is 0 Å². The Morgan fingerprint density at radius 2 is 1.85 bits per heavy atom. The molecule has 0 bridgehead atoms. The first-order valence-corrected chi connectivity index (χ1v) is 5.98. The molecular formula is C11H19BrO. The highest BCUT2D eigenvalue weighted by atomic mass is 79.9. The largest absolute Gasteiger partial charge is 0.299 e. The molecule has 0 N–H and O–H groups in total. The average molecular weight is 247 g/mol. The molecule has 0 radical (unpaired) electrons. The van der Waals surface area contributed by atoms with Crippen LogP contribution in [0.4, 0.5) is 0 Å². The molecule has 13 heavy (non-hydrogen) atoms. The van der Waals surface area contributed by atoms with Crippen molar-refractivity contribution in [2.45, 2.75) is 51.3 Å². The van der Waals surface area contributed by atoms with Crippen LogP contribution in [0.5, 0.6) is 0 Å². The monoisotopic (exact) mass is 246 g/mol. The average Bonchev–Trinajstić information content (AvgIpc) is 2.03. The van der Waals surface area contributed by atoms with Gasteiger partial charge in [-0.2, -0.15) is 0 Å². The molecule has 2 heteroatoms. The molecule has 1 atom stereocenters. The first kappa shape index (κ1) is 11.2. The SMILES string of the molecule is CC(=O)C(Br)C1CCC(C)(C)CC1. The molecule has 0 amide bonds. The number of carbonyl (C=O) groups excluding carboxylic acids is 1. The lowest BCUT2D eigenvalue weighted by molar-refractivity contribution is -0.117. The quantitative estimate of drug-likeness (QED) is 0.682. The van der Waals surface area contributed by atoms with Gasteiger partial charge in [0.05, 0.1) is 4.83 Å². The van der Waals surface area contributed by atoms with Crippen molar-refractivity contribution in [1.29, 1.82) is 0 Å². The Labute approximate surface area is 89.4 Å². The molecule has 1 fully saturated rings. The third-order valence-corrected chi connectivity index (χ3v) is 4.58. The van der Waals surface area contributed by atoms with Crippen LogP contribution in [-0.4, -0.2) is 10.6 Å². The molecule has 0 aliphatic heterocycles. The summed E-state index contributed by atoms with van der Waals surface area (Å²) in [6.45, 7) is 6.32. The lowest BCUT2D eigenvalue weighted by Gasteiger charge is -2.35. The van der Waals surface area contributed by atoms with Crippen molar-refractivity contribution in [3.05, 3.63) is 0 Å². The second-order valence-electron chi connectivity index (χ2n) is 5.01. The van der Waals surface area contributed by atoms with Gasteiger partial charge in [0.2, 0.25) is 0 Å². The molecule has 0 aromatic rings. The maximum absolute atomic E-state index is 11.2. The Bertz CT molecular complexity index is 188. The van der Waals surface area contributed by atoms with Crippen LogP contribution >= 0.6 is 15.9 Å². The van der Waals surface area contributed by atoms with E-state index in [0.717, 1.165) is 0 Å². The number of hydrogen-bond acceptors (Lipinski definition) is 1. The maximum atomic E-state index is 11.2. The summed E-state index contributed by atoms with van der Waals surface area (Å²) in [6.07, 6.45) is 4.91. The molecule has 76 valence electrons. The number of alkyl halides is 1. The molecular weight excluding hydrogens is 228 g/mol. The summed E-state index contributed by atoms with van der Waals surface area (Å²) in [4.78, 5) is 11.3. The van der Waals surface area contributed by atoms with Gasteiger partial charge in [0, 0.05) is 0 Å². The minimum Gasteiger partial charge on any atom is -0.299 e. The van der Waals surface area contributed by atoms with Crippen LogP contribution in [0.1, 0.15) is 46.5 Å². The van der Waals surface area contributed by atoms with Crippen LogP contribution in [-0.2, 0) is 4.79 Å². The smallest absolute Gasteiger partial charge is 0.143 e. The van der Waals surface area contributed by atoms with E-state index in [9.17, 15) is 4.79 Å². The molecule has 1 unspecified atom stereocenters. The second-order valence-corrected chi connectivity index (χ2v) is 6.00. The van der Waals surface area contributed by atoms with Gasteiger partial charge >= 0.3 is 0 Å². The van der Waals surface area contributed by atoms with E-state index in [0.29, 0.717) is 11.3 Å². The van der Waals surface area contributed by atoms with Crippen LogP contribution in [0, 0.1) is 11.3 Å². The Morgan fingerprint density at radius 3 is 2.23 bits per heavy atom. The first-order chi connectivity index (χ1) is 5.92. The van der Waals surface area contributed by atoms with Gasteiger partial charge in [-0.1, -0.05) is 29.8 Å². The topological polar surface area (TPSA) is 17.1 Å². The Morgan fingerprint density at radius 1 is 1.38 bits per heavy atom. The van der Waals surface area contributed by atoms with E-state index in [1.54, 1.807) is 6.92 Å². The van der Waals surface area contributed by atoms with Crippen LogP contribution in [0.3, 0.4) is 0 Å². The van der Waals surface area contributed by atoms with Crippen LogP contribution in [0.25, 0.3) is 0 Å². The zero-order chi connectivity index (χ0) is 10.1. The number of hydrogen-bond donors (Lipinski definition) is 0. The number of ketones is 1. The van der Waals surface area contributed by atoms with Crippen molar-refractivity contribution in [2.24, 2.45) is 11.3 Å². The Balaban J connectivity index is 2.45. The van der Waals surface area contributed by atoms with E-state index in [1.807, 2.05) is 0 Å². The normalized spacial score (nSPS) is 25.5. The molecule has 1 saturated carbocycles. The van der Waals surface area contributed by atoms with Gasteiger partial charge in [0.15, 0.2) is 0 Å². The van der Waals surface area contributed by atoms with E-state index in [2.05, 4.69) is 29.8 Å². The maximum Gasteiger partial charge on any atom is 0.143 e. The number of rotatable bonds is 2. The molecule has 1 aliphatic rings. The lowest BCUT2D eigenvalue weighted by Crippen LogP contribution is -2.29. The summed E-state index contributed by atoms with van der Waals surface area (Å²) < 4.78 is 0. The van der Waals surface area contributed by atoms with Crippen LogP contribution in [0.2, 0.25) is 0 Å². The highest BCUT2D eigenvalue weighted by Crippen LogP contribution is 2.40. The summed E-state index contributed by atoms with van der Waals surface area (Å²) in [5.74, 6) is 0.857. The van der Waals surface area contributed by atoms with Crippen molar-refractivity contribution in [3.63, 3.8) is 0 Å². The van der Waals surface area contributed by atoms with E-state index in [4.69, 9.17) is 0 Å².